The number of hydrogen-bond acceptors (Lipinski definition) is 4. The second-order valence-corrected chi connectivity index (χ2v) is 4.22. The van der Waals surface area contributed by atoms with E-state index in [4.69, 9.17) is 14.9 Å². The Morgan fingerprint density at radius 2 is 2.25 bits per heavy atom. The first-order valence-corrected chi connectivity index (χ1v) is 5.85. The van der Waals surface area contributed by atoms with E-state index in [1.807, 2.05) is 0 Å². The molecule has 0 amide bonds. The lowest BCUT2D eigenvalue weighted by atomic mass is 10.0. The van der Waals surface area contributed by atoms with Crippen LogP contribution in [-0.2, 0) is 9.53 Å². The van der Waals surface area contributed by atoms with E-state index in [1.165, 1.54) is 0 Å². The largest absolute Gasteiger partial charge is 0.481 e. The van der Waals surface area contributed by atoms with Gasteiger partial charge in [0.15, 0.2) is 0 Å². The average molecular weight is 231 g/mol. The average Bonchev–Trinajstić information content (AvgIpc) is 2.70. The number of carbonyl (C=O) groups is 1. The maximum Gasteiger partial charge on any atom is 0.303 e. The SMILES string of the molecule is O=C(O)CCC1CCN(CCOCCO)C1. The molecule has 0 saturated carbocycles. The molecule has 0 aromatic carbocycles. The molecule has 0 radical (unpaired) electrons. The number of rotatable bonds is 8. The number of aliphatic hydroxyl groups excluding tert-OH is 1. The van der Waals surface area contributed by atoms with Gasteiger partial charge in [-0.05, 0) is 25.3 Å². The molecule has 5 heteroatoms. The van der Waals surface area contributed by atoms with E-state index in [2.05, 4.69) is 4.90 Å². The van der Waals surface area contributed by atoms with Crippen LogP contribution in [0.3, 0.4) is 0 Å². The van der Waals surface area contributed by atoms with Gasteiger partial charge in [-0.3, -0.25) is 4.79 Å². The van der Waals surface area contributed by atoms with Gasteiger partial charge in [0.1, 0.15) is 0 Å². The molecule has 0 aromatic heterocycles. The van der Waals surface area contributed by atoms with Crippen LogP contribution < -0.4 is 0 Å². The minimum Gasteiger partial charge on any atom is -0.481 e. The summed E-state index contributed by atoms with van der Waals surface area (Å²) in [5, 5.41) is 17.1. The Balaban J connectivity index is 2.03. The van der Waals surface area contributed by atoms with Crippen molar-refractivity contribution in [3.05, 3.63) is 0 Å². The van der Waals surface area contributed by atoms with E-state index in [-0.39, 0.29) is 13.0 Å². The fourth-order valence-corrected chi connectivity index (χ4v) is 2.04. The summed E-state index contributed by atoms with van der Waals surface area (Å²) in [5.74, 6) is -0.182. The smallest absolute Gasteiger partial charge is 0.303 e. The second kappa shape index (κ2) is 7.60. The van der Waals surface area contributed by atoms with E-state index < -0.39 is 5.97 Å². The maximum absolute atomic E-state index is 10.4. The summed E-state index contributed by atoms with van der Waals surface area (Å²) < 4.78 is 5.19. The highest BCUT2D eigenvalue weighted by Crippen LogP contribution is 2.20. The Morgan fingerprint density at radius 1 is 1.44 bits per heavy atom. The molecule has 94 valence electrons. The van der Waals surface area contributed by atoms with Crippen LogP contribution in [0, 0.1) is 5.92 Å². The van der Waals surface area contributed by atoms with Gasteiger partial charge in [0, 0.05) is 19.5 Å². The van der Waals surface area contributed by atoms with E-state index in [1.54, 1.807) is 0 Å². The Bertz CT molecular complexity index is 210. The number of likely N-dealkylation sites (tertiary alicyclic amines) is 1. The van der Waals surface area contributed by atoms with Crippen molar-refractivity contribution in [1.82, 2.24) is 4.90 Å². The van der Waals surface area contributed by atoms with E-state index >= 15 is 0 Å². The number of nitrogens with zero attached hydrogens (tertiary/aromatic N) is 1. The summed E-state index contributed by atoms with van der Waals surface area (Å²) in [6.45, 7) is 4.01. The minimum absolute atomic E-state index is 0.0707. The standard InChI is InChI=1S/C11H21NO4/c13-6-8-16-7-5-12-4-3-10(9-12)1-2-11(14)15/h10,13H,1-9H2,(H,14,15). The summed E-state index contributed by atoms with van der Waals surface area (Å²) in [6, 6.07) is 0. The Morgan fingerprint density at radius 3 is 2.94 bits per heavy atom. The van der Waals surface area contributed by atoms with Crippen LogP contribution in [0.15, 0.2) is 0 Å². The summed E-state index contributed by atoms with van der Waals surface area (Å²) in [5.41, 5.74) is 0. The predicted octanol–water partition coefficient (Wildman–Crippen LogP) is 0.182. The van der Waals surface area contributed by atoms with Crippen molar-refractivity contribution in [2.75, 3.05) is 39.5 Å². The fourth-order valence-electron chi connectivity index (χ4n) is 2.04. The molecular weight excluding hydrogens is 210 g/mol. The van der Waals surface area contributed by atoms with E-state index in [9.17, 15) is 4.79 Å². The Hall–Kier alpha value is -0.650. The van der Waals surface area contributed by atoms with Crippen LogP contribution in [-0.4, -0.2) is 60.5 Å². The summed E-state index contributed by atoms with van der Waals surface area (Å²) in [4.78, 5) is 12.7. The highest BCUT2D eigenvalue weighted by molar-refractivity contribution is 5.66. The molecule has 1 saturated heterocycles. The topological polar surface area (TPSA) is 70.0 Å². The molecular formula is C11H21NO4. The van der Waals surface area contributed by atoms with Crippen LogP contribution in [0.4, 0.5) is 0 Å². The van der Waals surface area contributed by atoms with Crippen molar-refractivity contribution in [1.29, 1.82) is 0 Å². The highest BCUT2D eigenvalue weighted by atomic mass is 16.5. The van der Waals surface area contributed by atoms with Crippen LogP contribution in [0.2, 0.25) is 0 Å². The lowest BCUT2D eigenvalue weighted by Crippen LogP contribution is -2.25. The van der Waals surface area contributed by atoms with Gasteiger partial charge in [-0.25, -0.2) is 0 Å². The van der Waals surface area contributed by atoms with Crippen molar-refractivity contribution < 1.29 is 19.7 Å². The molecule has 1 unspecified atom stereocenters. The molecule has 1 fully saturated rings. The quantitative estimate of drug-likeness (QED) is 0.583. The highest BCUT2D eigenvalue weighted by Gasteiger charge is 2.22. The van der Waals surface area contributed by atoms with E-state index in [0.717, 1.165) is 32.5 Å². The number of hydrogen-bond donors (Lipinski definition) is 2. The van der Waals surface area contributed by atoms with Crippen LogP contribution >= 0.6 is 0 Å². The third-order valence-corrected chi connectivity index (χ3v) is 2.92. The fraction of sp³-hybridized carbons (Fsp3) is 0.909. The van der Waals surface area contributed by atoms with Crippen molar-refractivity contribution in [2.45, 2.75) is 19.3 Å². The zero-order valence-corrected chi connectivity index (χ0v) is 9.60. The summed E-state index contributed by atoms with van der Waals surface area (Å²) in [6.07, 6.45) is 2.15. The number of carboxylic acid groups (broad SMARTS) is 1. The molecule has 1 aliphatic rings. The van der Waals surface area contributed by atoms with Gasteiger partial charge in [-0.2, -0.15) is 0 Å². The van der Waals surface area contributed by atoms with Crippen LogP contribution in [0.1, 0.15) is 19.3 Å². The first-order chi connectivity index (χ1) is 7.72. The minimum atomic E-state index is -0.704. The Kier molecular flexibility index (Phi) is 6.37. The lowest BCUT2D eigenvalue weighted by molar-refractivity contribution is -0.137. The molecule has 1 aliphatic heterocycles. The van der Waals surface area contributed by atoms with Gasteiger partial charge in [0.25, 0.3) is 0 Å². The van der Waals surface area contributed by atoms with Gasteiger partial charge in [0.05, 0.1) is 19.8 Å². The van der Waals surface area contributed by atoms with Crippen molar-refractivity contribution >= 4 is 5.97 Å². The van der Waals surface area contributed by atoms with Gasteiger partial charge in [0.2, 0.25) is 0 Å². The van der Waals surface area contributed by atoms with E-state index in [0.29, 0.717) is 19.1 Å². The number of aliphatic carboxylic acids is 1. The molecule has 1 rings (SSSR count). The van der Waals surface area contributed by atoms with Gasteiger partial charge in [-0.15, -0.1) is 0 Å². The Labute approximate surface area is 96.0 Å². The zero-order valence-electron chi connectivity index (χ0n) is 9.60. The lowest BCUT2D eigenvalue weighted by Gasteiger charge is -2.15. The second-order valence-electron chi connectivity index (χ2n) is 4.22. The molecule has 16 heavy (non-hydrogen) atoms. The number of aliphatic hydroxyl groups is 1. The molecule has 5 nitrogen and oxygen atoms in total. The van der Waals surface area contributed by atoms with Gasteiger partial charge < -0.3 is 19.8 Å². The third-order valence-electron chi connectivity index (χ3n) is 2.92. The molecule has 0 spiro atoms. The van der Waals surface area contributed by atoms with Gasteiger partial charge >= 0.3 is 5.97 Å². The summed E-state index contributed by atoms with van der Waals surface area (Å²) >= 11 is 0. The number of ether oxygens (including phenoxy) is 1. The molecule has 1 heterocycles. The van der Waals surface area contributed by atoms with Crippen molar-refractivity contribution in [3.63, 3.8) is 0 Å². The first kappa shape index (κ1) is 13.4. The molecule has 0 aromatic rings. The van der Waals surface area contributed by atoms with Crippen LogP contribution in [0.25, 0.3) is 0 Å². The normalized spacial score (nSPS) is 21.4. The number of carboxylic acids is 1. The van der Waals surface area contributed by atoms with Gasteiger partial charge in [-0.1, -0.05) is 0 Å². The molecule has 0 aliphatic carbocycles. The molecule has 0 bridgehead atoms. The van der Waals surface area contributed by atoms with Crippen LogP contribution in [0.5, 0.6) is 0 Å². The molecule has 2 N–H and O–H groups in total. The zero-order chi connectivity index (χ0) is 11.8. The predicted molar refractivity (Wildman–Crippen MR) is 59.3 cm³/mol. The van der Waals surface area contributed by atoms with Crippen molar-refractivity contribution in [2.24, 2.45) is 5.92 Å². The molecule has 1 atom stereocenters. The first-order valence-electron chi connectivity index (χ1n) is 5.85. The maximum atomic E-state index is 10.4. The van der Waals surface area contributed by atoms with Crippen molar-refractivity contribution in [3.8, 4) is 0 Å². The monoisotopic (exact) mass is 231 g/mol. The summed E-state index contributed by atoms with van der Waals surface area (Å²) in [7, 11) is 0. The third kappa shape index (κ3) is 5.44.